The fraction of sp³-hybridized carbons (Fsp3) is 0.0588. The van der Waals surface area contributed by atoms with E-state index in [2.05, 4.69) is 4.98 Å². The Hall–Kier alpha value is -2.66. The minimum Gasteiger partial charge on any atom is -0.504 e. The van der Waals surface area contributed by atoms with E-state index in [9.17, 15) is 9.90 Å². The molecule has 0 unspecified atom stereocenters. The first-order chi connectivity index (χ1) is 10.6. The molecule has 4 nitrogen and oxygen atoms in total. The quantitative estimate of drug-likeness (QED) is 0.538. The molecule has 0 radical (unpaired) electrons. The molecule has 0 saturated carbocycles. The summed E-state index contributed by atoms with van der Waals surface area (Å²) in [5.74, 6) is 0.00505. The van der Waals surface area contributed by atoms with Crippen molar-refractivity contribution in [1.82, 2.24) is 4.98 Å². The molecule has 0 amide bonds. The Morgan fingerprint density at radius 3 is 2.82 bits per heavy atom. The summed E-state index contributed by atoms with van der Waals surface area (Å²) in [6.45, 7) is 1.76. The molecule has 0 aliphatic heterocycles. The number of aryl methyl sites for hydroxylation is 1. The number of fused-ring (bicyclic) bond motifs is 2. The molecule has 22 heavy (non-hydrogen) atoms. The van der Waals surface area contributed by atoms with Gasteiger partial charge in [0, 0.05) is 5.39 Å². The van der Waals surface area contributed by atoms with Crippen molar-refractivity contribution in [3.05, 3.63) is 58.4 Å². The summed E-state index contributed by atoms with van der Waals surface area (Å²) in [6.07, 6.45) is 0. The average molecular weight is 309 g/mol. The van der Waals surface area contributed by atoms with Crippen molar-refractivity contribution in [3.63, 3.8) is 0 Å². The van der Waals surface area contributed by atoms with Crippen LogP contribution in [-0.4, -0.2) is 10.1 Å². The van der Waals surface area contributed by atoms with E-state index < -0.39 is 5.63 Å². The standard InChI is InChI=1S/C17H11NO3S/c1-9-6-7-10-8-11(17(20)21-15(10)14(9)19)16-18-12-4-2-3-5-13(12)22-16/h2-8,19H,1H3. The third-order valence-corrected chi connectivity index (χ3v) is 4.67. The van der Waals surface area contributed by atoms with Crippen LogP contribution in [0.25, 0.3) is 31.8 Å². The van der Waals surface area contributed by atoms with Crippen molar-refractivity contribution in [3.8, 4) is 16.3 Å². The first-order valence-corrected chi connectivity index (χ1v) is 7.57. The van der Waals surface area contributed by atoms with E-state index in [1.54, 1.807) is 19.1 Å². The summed E-state index contributed by atoms with van der Waals surface area (Å²) in [6, 6.07) is 13.1. The van der Waals surface area contributed by atoms with Gasteiger partial charge in [0.2, 0.25) is 0 Å². The van der Waals surface area contributed by atoms with E-state index in [-0.39, 0.29) is 11.3 Å². The van der Waals surface area contributed by atoms with Gasteiger partial charge in [-0.3, -0.25) is 0 Å². The summed E-state index contributed by atoms with van der Waals surface area (Å²) < 4.78 is 6.33. The summed E-state index contributed by atoms with van der Waals surface area (Å²) in [4.78, 5) is 16.7. The number of benzene rings is 2. The van der Waals surface area contributed by atoms with E-state index in [0.29, 0.717) is 21.5 Å². The third-order valence-electron chi connectivity index (χ3n) is 3.60. The molecular formula is C17H11NO3S. The zero-order valence-electron chi connectivity index (χ0n) is 11.7. The van der Waals surface area contributed by atoms with Crippen molar-refractivity contribution in [2.45, 2.75) is 6.92 Å². The molecule has 0 saturated heterocycles. The summed E-state index contributed by atoms with van der Waals surface area (Å²) in [7, 11) is 0. The van der Waals surface area contributed by atoms with Crippen molar-refractivity contribution >= 4 is 32.5 Å². The third kappa shape index (κ3) is 1.90. The number of hydrogen-bond acceptors (Lipinski definition) is 5. The lowest BCUT2D eigenvalue weighted by atomic mass is 10.1. The number of nitrogens with zero attached hydrogens (tertiary/aromatic N) is 1. The Bertz CT molecular complexity index is 1050. The summed E-state index contributed by atoms with van der Waals surface area (Å²) >= 11 is 1.45. The fourth-order valence-electron chi connectivity index (χ4n) is 2.40. The lowest BCUT2D eigenvalue weighted by Crippen LogP contribution is -2.02. The number of thiazole rings is 1. The Kier molecular flexibility index (Phi) is 2.77. The second kappa shape index (κ2) is 4.68. The monoisotopic (exact) mass is 309 g/mol. The number of phenolic OH excluding ortho intramolecular Hbond substituents is 1. The maximum absolute atomic E-state index is 12.3. The van der Waals surface area contributed by atoms with E-state index >= 15 is 0 Å². The van der Waals surface area contributed by atoms with Gasteiger partial charge in [-0.25, -0.2) is 9.78 Å². The molecule has 2 heterocycles. The van der Waals surface area contributed by atoms with Crippen molar-refractivity contribution < 1.29 is 9.52 Å². The number of rotatable bonds is 1. The van der Waals surface area contributed by atoms with Crippen LogP contribution in [0.15, 0.2) is 51.7 Å². The normalized spacial score (nSPS) is 11.3. The van der Waals surface area contributed by atoms with E-state index in [1.165, 1.54) is 11.3 Å². The highest BCUT2D eigenvalue weighted by molar-refractivity contribution is 7.21. The van der Waals surface area contributed by atoms with Crippen LogP contribution >= 0.6 is 11.3 Å². The molecular weight excluding hydrogens is 298 g/mol. The molecule has 0 spiro atoms. The van der Waals surface area contributed by atoms with Gasteiger partial charge in [0.1, 0.15) is 5.01 Å². The van der Waals surface area contributed by atoms with Gasteiger partial charge < -0.3 is 9.52 Å². The largest absolute Gasteiger partial charge is 0.504 e. The van der Waals surface area contributed by atoms with Gasteiger partial charge in [0.05, 0.1) is 15.8 Å². The van der Waals surface area contributed by atoms with Crippen LogP contribution in [0.2, 0.25) is 0 Å². The number of aromatic hydroxyl groups is 1. The van der Waals surface area contributed by atoms with Crippen molar-refractivity contribution in [2.24, 2.45) is 0 Å². The van der Waals surface area contributed by atoms with Gasteiger partial charge in [0.25, 0.3) is 0 Å². The van der Waals surface area contributed by atoms with Gasteiger partial charge in [0.15, 0.2) is 11.3 Å². The molecule has 2 aromatic carbocycles. The minimum atomic E-state index is -0.493. The van der Waals surface area contributed by atoms with Gasteiger partial charge >= 0.3 is 5.63 Å². The van der Waals surface area contributed by atoms with Crippen LogP contribution in [-0.2, 0) is 0 Å². The van der Waals surface area contributed by atoms with Gasteiger partial charge in [-0.1, -0.05) is 24.3 Å². The zero-order valence-corrected chi connectivity index (χ0v) is 12.5. The van der Waals surface area contributed by atoms with Crippen LogP contribution in [0.5, 0.6) is 5.75 Å². The molecule has 1 N–H and O–H groups in total. The van der Waals surface area contributed by atoms with Gasteiger partial charge in [-0.15, -0.1) is 11.3 Å². The second-order valence-electron chi connectivity index (χ2n) is 5.08. The first kappa shape index (κ1) is 13.0. The maximum atomic E-state index is 12.3. The topological polar surface area (TPSA) is 63.3 Å². The minimum absolute atomic E-state index is 0.00505. The lowest BCUT2D eigenvalue weighted by Gasteiger charge is -2.03. The Labute approximate surface area is 129 Å². The molecule has 0 aliphatic carbocycles. The molecule has 0 aliphatic rings. The van der Waals surface area contributed by atoms with Crippen LogP contribution in [0, 0.1) is 6.92 Å². The van der Waals surface area contributed by atoms with Crippen LogP contribution in [0.4, 0.5) is 0 Å². The molecule has 5 heteroatoms. The number of para-hydroxylation sites is 1. The fourth-order valence-corrected chi connectivity index (χ4v) is 3.37. The predicted octanol–water partition coefficient (Wildman–Crippen LogP) is 4.08. The van der Waals surface area contributed by atoms with Crippen LogP contribution in [0.3, 0.4) is 0 Å². The molecule has 4 rings (SSSR count). The molecule has 0 fully saturated rings. The number of phenols is 1. The smallest absolute Gasteiger partial charge is 0.346 e. The average Bonchev–Trinajstić information content (AvgIpc) is 2.95. The van der Waals surface area contributed by atoms with Crippen molar-refractivity contribution in [1.29, 1.82) is 0 Å². The first-order valence-electron chi connectivity index (χ1n) is 6.76. The van der Waals surface area contributed by atoms with Gasteiger partial charge in [-0.2, -0.15) is 0 Å². The zero-order chi connectivity index (χ0) is 15.3. The van der Waals surface area contributed by atoms with Crippen LogP contribution in [0.1, 0.15) is 5.56 Å². The second-order valence-corrected chi connectivity index (χ2v) is 6.11. The molecule has 0 bridgehead atoms. The van der Waals surface area contributed by atoms with Gasteiger partial charge in [-0.05, 0) is 30.7 Å². The van der Waals surface area contributed by atoms with Crippen LogP contribution < -0.4 is 5.63 Å². The Morgan fingerprint density at radius 1 is 1.18 bits per heavy atom. The van der Waals surface area contributed by atoms with E-state index in [4.69, 9.17) is 4.42 Å². The Morgan fingerprint density at radius 2 is 2.00 bits per heavy atom. The Balaban J connectivity index is 2.00. The summed E-state index contributed by atoms with van der Waals surface area (Å²) in [5, 5.41) is 11.3. The summed E-state index contributed by atoms with van der Waals surface area (Å²) in [5.41, 5.74) is 1.66. The lowest BCUT2D eigenvalue weighted by molar-refractivity contribution is 0.454. The molecule has 108 valence electrons. The highest BCUT2D eigenvalue weighted by Gasteiger charge is 2.14. The molecule has 4 aromatic rings. The van der Waals surface area contributed by atoms with Crippen molar-refractivity contribution in [2.75, 3.05) is 0 Å². The van der Waals surface area contributed by atoms with E-state index in [1.807, 2.05) is 30.3 Å². The highest BCUT2D eigenvalue weighted by atomic mass is 32.1. The number of hydrogen-bond donors (Lipinski definition) is 1. The highest BCUT2D eigenvalue weighted by Crippen LogP contribution is 2.32. The predicted molar refractivity (Wildman–Crippen MR) is 87.5 cm³/mol. The molecule has 2 aromatic heterocycles. The van der Waals surface area contributed by atoms with E-state index in [0.717, 1.165) is 10.2 Å². The number of aromatic nitrogens is 1. The maximum Gasteiger partial charge on any atom is 0.346 e. The SMILES string of the molecule is Cc1ccc2cc(-c3nc4ccccc4s3)c(=O)oc2c1O. The molecule has 0 atom stereocenters.